The molecule has 0 amide bonds. The molecule has 2 rings (SSSR count). The van der Waals surface area contributed by atoms with Gasteiger partial charge in [0, 0.05) is 10.9 Å². The molecule has 104 valence electrons. The number of fused-ring (bicyclic) bond motifs is 1. The van der Waals surface area contributed by atoms with Crippen molar-refractivity contribution in [1.82, 2.24) is 0 Å². The molecule has 0 aliphatic rings. The van der Waals surface area contributed by atoms with Crippen LogP contribution in [0.15, 0.2) is 28.7 Å². The number of benzene rings is 1. The molecular weight excluding hydrogens is 236 g/mol. The molecule has 1 aromatic heterocycles. The second kappa shape index (κ2) is 4.38. The lowest BCUT2D eigenvalue weighted by molar-refractivity contribution is 0.0447. The Bertz CT molecular complexity index is 579. The van der Waals surface area contributed by atoms with E-state index in [1.807, 2.05) is 39.0 Å². The quantitative estimate of drug-likeness (QED) is 0.798. The average Bonchev–Trinajstić information content (AvgIpc) is 2.67. The molecule has 1 N–H and O–H groups in total. The number of rotatable bonds is 1. The van der Waals surface area contributed by atoms with Crippen molar-refractivity contribution in [2.75, 3.05) is 0 Å². The summed E-state index contributed by atoms with van der Waals surface area (Å²) < 4.78 is 5.96. The van der Waals surface area contributed by atoms with Gasteiger partial charge in [0.1, 0.15) is 17.4 Å². The van der Waals surface area contributed by atoms with Gasteiger partial charge in [-0.1, -0.05) is 59.7 Å². The Morgan fingerprint density at radius 2 is 1.68 bits per heavy atom. The van der Waals surface area contributed by atoms with Crippen LogP contribution in [0.5, 0.6) is 0 Å². The van der Waals surface area contributed by atoms with Crippen molar-refractivity contribution < 1.29 is 9.52 Å². The Hall–Kier alpha value is -1.28. The van der Waals surface area contributed by atoms with Gasteiger partial charge in [-0.25, -0.2) is 0 Å². The van der Waals surface area contributed by atoms with Crippen LogP contribution < -0.4 is 0 Å². The highest BCUT2D eigenvalue weighted by atomic mass is 16.4. The molecule has 0 aliphatic heterocycles. The van der Waals surface area contributed by atoms with Crippen LogP contribution in [0, 0.1) is 5.41 Å². The van der Waals surface area contributed by atoms with Gasteiger partial charge in [-0.15, -0.1) is 0 Å². The van der Waals surface area contributed by atoms with Crippen LogP contribution in [0.25, 0.3) is 11.0 Å². The molecule has 0 fully saturated rings. The summed E-state index contributed by atoms with van der Waals surface area (Å²) in [5.74, 6) is 0.652. The fourth-order valence-corrected chi connectivity index (χ4v) is 2.24. The van der Waals surface area contributed by atoms with Gasteiger partial charge in [-0.2, -0.15) is 0 Å². The van der Waals surface area contributed by atoms with E-state index >= 15 is 0 Å². The van der Waals surface area contributed by atoms with Crippen molar-refractivity contribution in [3.8, 4) is 0 Å². The van der Waals surface area contributed by atoms with Crippen LogP contribution in [0.2, 0.25) is 0 Å². The zero-order chi connectivity index (χ0) is 14.4. The minimum absolute atomic E-state index is 0.0291. The first-order valence-corrected chi connectivity index (χ1v) is 6.82. The lowest BCUT2D eigenvalue weighted by Crippen LogP contribution is -2.17. The summed E-state index contributed by atoms with van der Waals surface area (Å²) in [6.45, 7) is 12.5. The second-order valence-corrected chi connectivity index (χ2v) is 7.39. The number of para-hydroxylation sites is 1. The van der Waals surface area contributed by atoms with Crippen LogP contribution in [0.3, 0.4) is 0 Å². The maximum absolute atomic E-state index is 10.4. The predicted octanol–water partition coefficient (Wildman–Crippen LogP) is 4.81. The molecule has 2 nitrogen and oxygen atoms in total. The summed E-state index contributed by atoms with van der Waals surface area (Å²) in [6.07, 6.45) is -0.590. The van der Waals surface area contributed by atoms with E-state index in [9.17, 15) is 5.11 Å². The monoisotopic (exact) mass is 260 g/mol. The van der Waals surface area contributed by atoms with Crippen LogP contribution >= 0.6 is 0 Å². The summed E-state index contributed by atoms with van der Waals surface area (Å²) >= 11 is 0. The number of furan rings is 1. The summed E-state index contributed by atoms with van der Waals surface area (Å²) in [5.41, 5.74) is 1.88. The highest BCUT2D eigenvalue weighted by Gasteiger charge is 2.28. The summed E-state index contributed by atoms with van der Waals surface area (Å²) in [4.78, 5) is 0. The number of hydrogen-bond acceptors (Lipinski definition) is 2. The largest absolute Gasteiger partial charge is 0.458 e. The van der Waals surface area contributed by atoms with Crippen LogP contribution in [-0.2, 0) is 5.41 Å². The first-order valence-electron chi connectivity index (χ1n) is 6.82. The van der Waals surface area contributed by atoms with Gasteiger partial charge in [0.2, 0.25) is 0 Å². The number of hydrogen-bond donors (Lipinski definition) is 1. The zero-order valence-electron chi connectivity index (χ0n) is 12.7. The Balaban J connectivity index is 2.59. The van der Waals surface area contributed by atoms with Crippen molar-refractivity contribution in [3.05, 3.63) is 35.6 Å². The molecule has 1 atom stereocenters. The van der Waals surface area contributed by atoms with Crippen LogP contribution in [-0.4, -0.2) is 5.11 Å². The van der Waals surface area contributed by atoms with Gasteiger partial charge in [-0.05, 0) is 16.9 Å². The molecule has 0 saturated heterocycles. The van der Waals surface area contributed by atoms with Gasteiger partial charge in [-0.3, -0.25) is 0 Å². The lowest BCUT2D eigenvalue weighted by Gasteiger charge is -2.23. The van der Waals surface area contributed by atoms with Crippen molar-refractivity contribution in [1.29, 1.82) is 0 Å². The fourth-order valence-electron chi connectivity index (χ4n) is 2.24. The van der Waals surface area contributed by atoms with Crippen LogP contribution in [0.1, 0.15) is 59.0 Å². The molecule has 1 heterocycles. The molecule has 2 heteroatoms. The van der Waals surface area contributed by atoms with E-state index in [-0.39, 0.29) is 10.8 Å². The van der Waals surface area contributed by atoms with Crippen molar-refractivity contribution >= 4 is 11.0 Å². The van der Waals surface area contributed by atoms with E-state index < -0.39 is 6.10 Å². The molecule has 0 spiro atoms. The third-order valence-corrected chi connectivity index (χ3v) is 3.46. The normalized spacial score (nSPS) is 14.9. The first kappa shape index (κ1) is 14.1. The van der Waals surface area contributed by atoms with Crippen molar-refractivity contribution in [2.24, 2.45) is 5.41 Å². The van der Waals surface area contributed by atoms with E-state index in [2.05, 4.69) is 26.8 Å². The molecule has 0 radical (unpaired) electrons. The summed E-state index contributed by atoms with van der Waals surface area (Å²) in [7, 11) is 0. The van der Waals surface area contributed by atoms with Gasteiger partial charge in [0.25, 0.3) is 0 Å². The van der Waals surface area contributed by atoms with E-state index in [0.29, 0.717) is 5.76 Å². The van der Waals surface area contributed by atoms with Gasteiger partial charge >= 0.3 is 0 Å². The van der Waals surface area contributed by atoms with E-state index in [1.165, 1.54) is 5.56 Å². The number of aliphatic hydroxyl groups is 1. The average molecular weight is 260 g/mol. The maximum atomic E-state index is 10.4. The Morgan fingerprint density at radius 1 is 1.05 bits per heavy atom. The maximum Gasteiger partial charge on any atom is 0.138 e. The lowest BCUT2D eigenvalue weighted by atomic mass is 9.86. The van der Waals surface area contributed by atoms with Gasteiger partial charge < -0.3 is 9.52 Å². The molecule has 1 aromatic carbocycles. The molecule has 19 heavy (non-hydrogen) atoms. The fraction of sp³-hybridized carbons (Fsp3) is 0.529. The Morgan fingerprint density at radius 3 is 2.21 bits per heavy atom. The van der Waals surface area contributed by atoms with Gasteiger partial charge in [0.15, 0.2) is 0 Å². The molecule has 2 aromatic rings. The predicted molar refractivity (Wildman–Crippen MR) is 79.3 cm³/mol. The smallest absolute Gasteiger partial charge is 0.138 e. The van der Waals surface area contributed by atoms with E-state index in [1.54, 1.807) is 0 Å². The highest BCUT2D eigenvalue weighted by Crippen LogP contribution is 2.38. The minimum Gasteiger partial charge on any atom is -0.458 e. The summed E-state index contributed by atoms with van der Waals surface area (Å²) in [6, 6.07) is 8.14. The molecule has 0 saturated carbocycles. The third kappa shape index (κ3) is 2.69. The third-order valence-electron chi connectivity index (χ3n) is 3.46. The SMILES string of the molecule is CC(C)(C)c1cccc2cc(C(O)C(C)(C)C)oc12. The highest BCUT2D eigenvalue weighted by molar-refractivity contribution is 5.82. The molecule has 1 unspecified atom stereocenters. The summed E-state index contributed by atoms with van der Waals surface area (Å²) in [5, 5.41) is 11.4. The number of aliphatic hydroxyl groups excluding tert-OH is 1. The Kier molecular flexibility index (Phi) is 3.26. The zero-order valence-corrected chi connectivity index (χ0v) is 12.7. The topological polar surface area (TPSA) is 33.4 Å². The molecule has 0 bridgehead atoms. The van der Waals surface area contributed by atoms with E-state index in [0.717, 1.165) is 11.0 Å². The van der Waals surface area contributed by atoms with E-state index in [4.69, 9.17) is 4.42 Å². The van der Waals surface area contributed by atoms with Crippen molar-refractivity contribution in [3.63, 3.8) is 0 Å². The molecular formula is C17H24O2. The standard InChI is InChI=1S/C17H24O2/c1-16(2,3)12-9-7-8-11-10-13(19-14(11)12)15(18)17(4,5)6/h7-10,15,18H,1-6H3. The first-order chi connectivity index (χ1) is 8.60. The van der Waals surface area contributed by atoms with Gasteiger partial charge in [0.05, 0.1) is 0 Å². The molecule has 0 aliphatic carbocycles. The Labute approximate surface area is 115 Å². The van der Waals surface area contributed by atoms with Crippen LogP contribution in [0.4, 0.5) is 0 Å². The minimum atomic E-state index is -0.590. The second-order valence-electron chi connectivity index (χ2n) is 7.39. The van der Waals surface area contributed by atoms with Crippen molar-refractivity contribution in [2.45, 2.75) is 53.1 Å².